The van der Waals surface area contributed by atoms with Crippen LogP contribution in [0.4, 0.5) is 0 Å². The van der Waals surface area contributed by atoms with E-state index in [4.69, 9.17) is 4.74 Å². The molecule has 1 aromatic rings. The number of carbonyl (C=O) groups excluding carboxylic acids is 1. The molecule has 0 amide bonds. The molecule has 0 saturated carbocycles. The largest absolute Gasteiger partial charge is 0.477 e. The van der Waals surface area contributed by atoms with Gasteiger partial charge in [0.05, 0.1) is 13.3 Å². The van der Waals surface area contributed by atoms with Crippen LogP contribution in [0.5, 0.6) is 5.75 Å². The third kappa shape index (κ3) is 2.74. The summed E-state index contributed by atoms with van der Waals surface area (Å²) < 4.78 is 9.73. The Labute approximate surface area is 76.5 Å². The smallest absolute Gasteiger partial charge is 0.346 e. The quantitative estimate of drug-likeness (QED) is 0.653. The van der Waals surface area contributed by atoms with Gasteiger partial charge in [-0.05, 0) is 19.1 Å². The van der Waals surface area contributed by atoms with Crippen molar-refractivity contribution >= 4 is 5.97 Å². The predicted octanol–water partition coefficient (Wildman–Crippen LogP) is 1.02. The minimum Gasteiger partial charge on any atom is -0.477 e. The number of hydrogen-bond donors (Lipinski definition) is 0. The topological polar surface area (TPSA) is 48.4 Å². The third-order valence-corrected chi connectivity index (χ3v) is 1.48. The van der Waals surface area contributed by atoms with Gasteiger partial charge in [0, 0.05) is 6.20 Å². The molecule has 0 aliphatic heterocycles. The van der Waals surface area contributed by atoms with E-state index in [0.717, 1.165) is 0 Å². The first kappa shape index (κ1) is 9.51. The van der Waals surface area contributed by atoms with E-state index in [1.807, 2.05) is 0 Å². The van der Waals surface area contributed by atoms with Crippen molar-refractivity contribution in [1.29, 1.82) is 0 Å². The first-order valence-corrected chi connectivity index (χ1v) is 3.88. The molecular weight excluding hydrogens is 170 g/mol. The zero-order chi connectivity index (χ0) is 9.68. The van der Waals surface area contributed by atoms with Gasteiger partial charge < -0.3 is 9.47 Å². The lowest BCUT2D eigenvalue weighted by Crippen LogP contribution is -2.24. The fourth-order valence-corrected chi connectivity index (χ4v) is 0.835. The van der Waals surface area contributed by atoms with Gasteiger partial charge in [0.1, 0.15) is 5.75 Å². The van der Waals surface area contributed by atoms with Crippen LogP contribution >= 0.6 is 0 Å². The minimum atomic E-state index is -0.603. The third-order valence-electron chi connectivity index (χ3n) is 1.48. The monoisotopic (exact) mass is 181 g/mol. The summed E-state index contributed by atoms with van der Waals surface area (Å²) in [6.07, 6.45) is 2.57. The lowest BCUT2D eigenvalue weighted by Gasteiger charge is -2.11. The van der Waals surface area contributed by atoms with Gasteiger partial charge in [-0.2, -0.15) is 0 Å². The zero-order valence-corrected chi connectivity index (χ0v) is 7.56. The van der Waals surface area contributed by atoms with Gasteiger partial charge >= 0.3 is 5.97 Å². The summed E-state index contributed by atoms with van der Waals surface area (Å²) in [6.45, 7) is 1.62. The van der Waals surface area contributed by atoms with Crippen LogP contribution in [-0.4, -0.2) is 24.2 Å². The SMILES string of the molecule is COC(=O)[C@@H](C)Oc1cccnc1. The van der Waals surface area contributed by atoms with Crippen LogP contribution in [-0.2, 0) is 9.53 Å². The lowest BCUT2D eigenvalue weighted by molar-refractivity contribution is -0.147. The lowest BCUT2D eigenvalue weighted by atomic mass is 10.4. The van der Waals surface area contributed by atoms with E-state index in [1.165, 1.54) is 7.11 Å². The second-order valence-corrected chi connectivity index (χ2v) is 2.47. The highest BCUT2D eigenvalue weighted by Gasteiger charge is 2.14. The van der Waals surface area contributed by atoms with E-state index in [9.17, 15) is 4.79 Å². The van der Waals surface area contributed by atoms with Crippen LogP contribution in [0.1, 0.15) is 6.92 Å². The van der Waals surface area contributed by atoms with Gasteiger partial charge in [-0.25, -0.2) is 4.79 Å². The molecule has 1 heterocycles. The average Bonchev–Trinajstić information content (AvgIpc) is 2.18. The highest BCUT2D eigenvalue weighted by Crippen LogP contribution is 2.09. The van der Waals surface area contributed by atoms with Gasteiger partial charge in [0.2, 0.25) is 0 Å². The van der Waals surface area contributed by atoms with Crippen LogP contribution in [0, 0.1) is 0 Å². The second-order valence-electron chi connectivity index (χ2n) is 2.47. The van der Waals surface area contributed by atoms with E-state index in [-0.39, 0.29) is 0 Å². The first-order valence-electron chi connectivity index (χ1n) is 3.88. The number of hydrogen-bond acceptors (Lipinski definition) is 4. The van der Waals surface area contributed by atoms with Crippen molar-refractivity contribution in [2.75, 3.05) is 7.11 Å². The molecule has 0 saturated heterocycles. The zero-order valence-electron chi connectivity index (χ0n) is 7.56. The van der Waals surface area contributed by atoms with Crippen molar-refractivity contribution in [3.63, 3.8) is 0 Å². The molecule has 0 unspecified atom stereocenters. The number of methoxy groups -OCH3 is 1. The average molecular weight is 181 g/mol. The maximum atomic E-state index is 10.9. The van der Waals surface area contributed by atoms with Crippen molar-refractivity contribution in [3.05, 3.63) is 24.5 Å². The number of aromatic nitrogens is 1. The number of nitrogens with zero attached hydrogens (tertiary/aromatic N) is 1. The van der Waals surface area contributed by atoms with E-state index < -0.39 is 12.1 Å². The van der Waals surface area contributed by atoms with E-state index >= 15 is 0 Å². The van der Waals surface area contributed by atoms with Crippen LogP contribution in [0.25, 0.3) is 0 Å². The molecule has 0 aromatic carbocycles. The number of carbonyl (C=O) groups is 1. The van der Waals surface area contributed by atoms with Gasteiger partial charge in [0.25, 0.3) is 0 Å². The number of esters is 1. The van der Waals surface area contributed by atoms with Crippen molar-refractivity contribution in [2.45, 2.75) is 13.0 Å². The summed E-state index contributed by atoms with van der Waals surface area (Å²) in [5.74, 6) is 0.157. The molecule has 1 rings (SSSR count). The van der Waals surface area contributed by atoms with E-state index in [0.29, 0.717) is 5.75 Å². The van der Waals surface area contributed by atoms with Gasteiger partial charge in [-0.15, -0.1) is 0 Å². The Morgan fingerprint density at radius 3 is 2.92 bits per heavy atom. The summed E-state index contributed by atoms with van der Waals surface area (Å²) in [5, 5.41) is 0. The van der Waals surface area contributed by atoms with Gasteiger partial charge in [-0.1, -0.05) is 0 Å². The number of pyridine rings is 1. The summed E-state index contributed by atoms with van der Waals surface area (Å²) in [4.78, 5) is 14.8. The Morgan fingerprint density at radius 1 is 1.62 bits per heavy atom. The molecule has 0 fully saturated rings. The highest BCUT2D eigenvalue weighted by atomic mass is 16.6. The molecular formula is C9H11NO3. The van der Waals surface area contributed by atoms with Crippen molar-refractivity contribution in [1.82, 2.24) is 4.98 Å². The first-order chi connectivity index (χ1) is 6.24. The van der Waals surface area contributed by atoms with Crippen LogP contribution in [0.3, 0.4) is 0 Å². The Bertz CT molecular complexity index is 273. The maximum Gasteiger partial charge on any atom is 0.346 e. The molecule has 4 nitrogen and oxygen atoms in total. The molecule has 0 N–H and O–H groups in total. The fourth-order valence-electron chi connectivity index (χ4n) is 0.835. The summed E-state index contributed by atoms with van der Waals surface area (Å²) in [5.41, 5.74) is 0. The molecule has 13 heavy (non-hydrogen) atoms. The predicted molar refractivity (Wildman–Crippen MR) is 46.3 cm³/mol. The van der Waals surface area contributed by atoms with E-state index in [1.54, 1.807) is 31.5 Å². The van der Waals surface area contributed by atoms with Crippen molar-refractivity contribution in [2.24, 2.45) is 0 Å². The summed E-state index contributed by atoms with van der Waals surface area (Å²) >= 11 is 0. The Morgan fingerprint density at radius 2 is 2.38 bits per heavy atom. The molecule has 0 spiro atoms. The van der Waals surface area contributed by atoms with Crippen molar-refractivity contribution in [3.8, 4) is 5.75 Å². The number of rotatable bonds is 3. The van der Waals surface area contributed by atoms with Crippen LogP contribution < -0.4 is 4.74 Å². The Kier molecular flexibility index (Phi) is 3.25. The molecule has 0 radical (unpaired) electrons. The minimum absolute atomic E-state index is 0.399. The van der Waals surface area contributed by atoms with Crippen molar-refractivity contribution < 1.29 is 14.3 Å². The normalized spacial score (nSPS) is 11.8. The van der Waals surface area contributed by atoms with Gasteiger partial charge in [-0.3, -0.25) is 4.98 Å². The highest BCUT2D eigenvalue weighted by molar-refractivity contribution is 5.74. The summed E-state index contributed by atoms with van der Waals surface area (Å²) in [6, 6.07) is 3.46. The molecule has 0 bridgehead atoms. The Balaban J connectivity index is 2.55. The molecule has 1 aromatic heterocycles. The van der Waals surface area contributed by atoms with Gasteiger partial charge in [0.15, 0.2) is 6.10 Å². The number of ether oxygens (including phenoxy) is 2. The molecule has 4 heteroatoms. The molecule has 0 aliphatic rings. The standard InChI is InChI=1S/C9H11NO3/c1-7(9(11)12-2)13-8-4-3-5-10-6-8/h3-7H,1-2H3/t7-/m1/s1. The summed E-state index contributed by atoms with van der Waals surface area (Å²) in [7, 11) is 1.32. The van der Waals surface area contributed by atoms with Crippen LogP contribution in [0.15, 0.2) is 24.5 Å². The second kappa shape index (κ2) is 4.45. The molecule has 1 atom stereocenters. The molecule has 0 aliphatic carbocycles. The Hall–Kier alpha value is -1.58. The maximum absolute atomic E-state index is 10.9. The molecule has 70 valence electrons. The fraction of sp³-hybridized carbons (Fsp3) is 0.333. The van der Waals surface area contributed by atoms with Crippen LogP contribution in [0.2, 0.25) is 0 Å². The van der Waals surface area contributed by atoms with E-state index in [2.05, 4.69) is 9.72 Å².